The van der Waals surface area contributed by atoms with E-state index in [1.165, 1.54) is 4.31 Å². The van der Waals surface area contributed by atoms with Crippen LogP contribution >= 0.6 is 11.3 Å². The number of rotatable bonds is 5. The van der Waals surface area contributed by atoms with Crippen LogP contribution in [0.25, 0.3) is 0 Å². The average molecular weight is 477 g/mol. The Morgan fingerprint density at radius 3 is 2.38 bits per heavy atom. The summed E-state index contributed by atoms with van der Waals surface area (Å²) in [6, 6.07) is 7.19. The average Bonchev–Trinajstić information content (AvgIpc) is 3.23. The van der Waals surface area contributed by atoms with Gasteiger partial charge in [-0.3, -0.25) is 4.79 Å². The summed E-state index contributed by atoms with van der Waals surface area (Å²) in [7, 11) is -3.52. The molecule has 0 unspecified atom stereocenters. The van der Waals surface area contributed by atoms with Crippen LogP contribution in [0.4, 0.5) is 5.13 Å². The Balaban J connectivity index is 1.33. The van der Waals surface area contributed by atoms with Crippen molar-refractivity contribution < 1.29 is 13.2 Å². The van der Waals surface area contributed by atoms with Crippen molar-refractivity contribution in [3.05, 3.63) is 41.4 Å². The van der Waals surface area contributed by atoms with Crippen molar-refractivity contribution >= 4 is 32.4 Å². The van der Waals surface area contributed by atoms with Gasteiger partial charge in [0.1, 0.15) is 0 Å². The van der Waals surface area contributed by atoms with Crippen molar-refractivity contribution in [2.75, 3.05) is 44.2 Å². The minimum atomic E-state index is -3.52. The predicted molar refractivity (Wildman–Crippen MR) is 128 cm³/mol. The number of thiazole rings is 1. The van der Waals surface area contributed by atoms with E-state index in [9.17, 15) is 13.2 Å². The highest BCUT2D eigenvalue weighted by atomic mass is 32.2. The molecule has 0 spiro atoms. The van der Waals surface area contributed by atoms with Crippen LogP contribution in [-0.4, -0.2) is 67.8 Å². The Bertz CT molecular complexity index is 998. The Kier molecular flexibility index (Phi) is 7.17. The molecule has 9 heteroatoms. The van der Waals surface area contributed by atoms with Crippen LogP contribution in [0, 0.1) is 5.92 Å². The fourth-order valence-corrected chi connectivity index (χ4v) is 6.64. The summed E-state index contributed by atoms with van der Waals surface area (Å²) in [5.41, 5.74) is 1.12. The van der Waals surface area contributed by atoms with Gasteiger partial charge in [0, 0.05) is 56.8 Å². The maximum absolute atomic E-state index is 13.2. The fourth-order valence-electron chi connectivity index (χ4n) is 4.48. The number of carbonyl (C=O) groups is 1. The lowest BCUT2D eigenvalue weighted by Gasteiger charge is -2.33. The summed E-state index contributed by atoms with van der Waals surface area (Å²) < 4.78 is 27.7. The van der Waals surface area contributed by atoms with Crippen LogP contribution in [0.2, 0.25) is 0 Å². The molecule has 0 radical (unpaired) electrons. The molecule has 4 rings (SSSR count). The standard InChI is InChI=1S/C23H32N4O3S2/c1-18(2)19-4-6-21(7-5-19)32(29,30)27-13-8-20(9-14-27)22(28)25-11-3-12-26(16-15-25)23-24-10-17-31-23/h4-7,10,17-18,20H,3,8-9,11-16H2,1-2H3. The molecule has 1 amide bonds. The highest BCUT2D eigenvalue weighted by Crippen LogP contribution is 2.27. The molecule has 0 bridgehead atoms. The van der Waals surface area contributed by atoms with Crippen LogP contribution in [0.15, 0.2) is 40.7 Å². The summed E-state index contributed by atoms with van der Waals surface area (Å²) in [4.78, 5) is 22.1. The van der Waals surface area contributed by atoms with Crippen molar-refractivity contribution in [1.29, 1.82) is 0 Å². The number of sulfonamides is 1. The van der Waals surface area contributed by atoms with E-state index in [4.69, 9.17) is 0 Å². The third-order valence-electron chi connectivity index (χ3n) is 6.49. The van der Waals surface area contributed by atoms with Crippen molar-refractivity contribution in [3.63, 3.8) is 0 Å². The molecule has 1 aromatic heterocycles. The Morgan fingerprint density at radius 1 is 1.03 bits per heavy atom. The van der Waals surface area contributed by atoms with Crippen molar-refractivity contribution in [1.82, 2.24) is 14.2 Å². The minimum Gasteiger partial charge on any atom is -0.346 e. The predicted octanol–water partition coefficient (Wildman–Crippen LogP) is 3.41. The SMILES string of the molecule is CC(C)c1ccc(S(=O)(=O)N2CCC(C(=O)N3CCCN(c4nccs4)CC3)CC2)cc1. The first kappa shape index (κ1) is 23.2. The molecule has 7 nitrogen and oxygen atoms in total. The topological polar surface area (TPSA) is 73.8 Å². The van der Waals surface area contributed by atoms with Gasteiger partial charge < -0.3 is 9.80 Å². The van der Waals surface area contributed by atoms with E-state index in [0.717, 1.165) is 36.8 Å². The molecule has 2 aromatic rings. The highest BCUT2D eigenvalue weighted by Gasteiger charge is 2.34. The number of carbonyl (C=O) groups excluding carboxylic acids is 1. The number of amides is 1. The second-order valence-electron chi connectivity index (χ2n) is 8.88. The van der Waals surface area contributed by atoms with Gasteiger partial charge in [-0.15, -0.1) is 11.3 Å². The molecule has 2 aliphatic rings. The minimum absolute atomic E-state index is 0.101. The lowest BCUT2D eigenvalue weighted by Crippen LogP contribution is -2.45. The molecule has 2 saturated heterocycles. The summed E-state index contributed by atoms with van der Waals surface area (Å²) >= 11 is 1.63. The Labute approximate surface area is 195 Å². The lowest BCUT2D eigenvalue weighted by atomic mass is 9.96. The smallest absolute Gasteiger partial charge is 0.243 e. The molecule has 0 aliphatic carbocycles. The molecular weight excluding hydrogens is 444 g/mol. The number of hydrogen-bond acceptors (Lipinski definition) is 6. The first-order valence-electron chi connectivity index (χ1n) is 11.4. The molecular formula is C23H32N4O3S2. The van der Waals surface area contributed by atoms with Crippen LogP contribution in [0.5, 0.6) is 0 Å². The first-order valence-corrected chi connectivity index (χ1v) is 13.7. The van der Waals surface area contributed by atoms with E-state index in [1.807, 2.05) is 28.6 Å². The Hall–Kier alpha value is -1.97. The largest absolute Gasteiger partial charge is 0.346 e. The zero-order chi connectivity index (χ0) is 22.7. The second kappa shape index (κ2) is 9.89. The zero-order valence-corrected chi connectivity index (χ0v) is 20.4. The number of piperidine rings is 1. The quantitative estimate of drug-likeness (QED) is 0.661. The molecule has 3 heterocycles. The normalized spacial score (nSPS) is 19.3. The molecule has 2 aliphatic heterocycles. The van der Waals surface area contributed by atoms with Crippen molar-refractivity contribution in [2.45, 2.75) is 43.9 Å². The van der Waals surface area contributed by atoms with Gasteiger partial charge in [0.05, 0.1) is 4.90 Å². The van der Waals surface area contributed by atoms with E-state index < -0.39 is 10.0 Å². The van der Waals surface area contributed by atoms with Crippen molar-refractivity contribution in [2.24, 2.45) is 5.92 Å². The highest BCUT2D eigenvalue weighted by molar-refractivity contribution is 7.89. The third kappa shape index (κ3) is 5.00. The summed E-state index contributed by atoms with van der Waals surface area (Å²) in [5, 5.41) is 2.99. The van der Waals surface area contributed by atoms with Gasteiger partial charge in [0.15, 0.2) is 5.13 Å². The Morgan fingerprint density at radius 2 is 1.75 bits per heavy atom. The van der Waals surface area contributed by atoms with E-state index in [-0.39, 0.29) is 11.8 Å². The number of nitrogens with zero attached hydrogens (tertiary/aromatic N) is 4. The molecule has 1 aromatic carbocycles. The van der Waals surface area contributed by atoms with E-state index in [2.05, 4.69) is 23.7 Å². The number of aromatic nitrogens is 1. The lowest BCUT2D eigenvalue weighted by molar-refractivity contribution is -0.136. The summed E-state index contributed by atoms with van der Waals surface area (Å²) in [6.45, 7) is 8.11. The zero-order valence-electron chi connectivity index (χ0n) is 18.8. The molecule has 0 N–H and O–H groups in total. The van der Waals surface area contributed by atoms with Crippen LogP contribution < -0.4 is 4.90 Å². The molecule has 174 valence electrons. The third-order valence-corrected chi connectivity index (χ3v) is 9.23. The van der Waals surface area contributed by atoms with Gasteiger partial charge in [-0.25, -0.2) is 13.4 Å². The fraction of sp³-hybridized carbons (Fsp3) is 0.565. The number of anilines is 1. The maximum Gasteiger partial charge on any atom is 0.243 e. The maximum atomic E-state index is 13.2. The monoisotopic (exact) mass is 476 g/mol. The number of hydrogen-bond donors (Lipinski definition) is 0. The van der Waals surface area contributed by atoms with E-state index in [1.54, 1.807) is 23.5 Å². The van der Waals surface area contributed by atoms with Gasteiger partial charge in [-0.1, -0.05) is 26.0 Å². The molecule has 0 saturated carbocycles. The number of benzene rings is 1. The van der Waals surface area contributed by atoms with Crippen LogP contribution in [-0.2, 0) is 14.8 Å². The van der Waals surface area contributed by atoms with Crippen molar-refractivity contribution in [3.8, 4) is 0 Å². The molecule has 32 heavy (non-hydrogen) atoms. The van der Waals surface area contributed by atoms with Crippen LogP contribution in [0.3, 0.4) is 0 Å². The second-order valence-corrected chi connectivity index (χ2v) is 11.7. The van der Waals surface area contributed by atoms with Crippen LogP contribution in [0.1, 0.15) is 44.6 Å². The van der Waals surface area contributed by atoms with E-state index in [0.29, 0.717) is 43.3 Å². The molecule has 2 fully saturated rings. The van der Waals surface area contributed by atoms with Gasteiger partial charge in [0.25, 0.3) is 0 Å². The van der Waals surface area contributed by atoms with Gasteiger partial charge in [-0.05, 0) is 42.9 Å². The van der Waals surface area contributed by atoms with Gasteiger partial charge in [0.2, 0.25) is 15.9 Å². The summed E-state index contributed by atoms with van der Waals surface area (Å²) in [5.74, 6) is 0.432. The first-order chi connectivity index (χ1) is 15.4. The van der Waals surface area contributed by atoms with Gasteiger partial charge in [-0.2, -0.15) is 4.31 Å². The summed E-state index contributed by atoms with van der Waals surface area (Å²) in [6.07, 6.45) is 3.89. The van der Waals surface area contributed by atoms with Gasteiger partial charge >= 0.3 is 0 Å². The van der Waals surface area contributed by atoms with E-state index >= 15 is 0 Å². The molecule has 0 atom stereocenters.